The molecule has 23 heavy (non-hydrogen) atoms. The van der Waals surface area contributed by atoms with Crippen LogP contribution in [0.15, 0.2) is 60.7 Å². The van der Waals surface area contributed by atoms with Crippen LogP contribution < -0.4 is 0 Å². The van der Waals surface area contributed by atoms with E-state index in [0.717, 1.165) is 11.1 Å². The van der Waals surface area contributed by atoms with E-state index in [1.54, 1.807) is 12.1 Å². The number of nitriles is 1. The van der Waals surface area contributed by atoms with E-state index in [2.05, 4.69) is 4.74 Å². The van der Waals surface area contributed by atoms with E-state index in [0.29, 0.717) is 5.05 Å². The lowest BCUT2D eigenvalue weighted by Gasteiger charge is -2.09. The Morgan fingerprint density at radius 2 is 1.30 bits per heavy atom. The summed E-state index contributed by atoms with van der Waals surface area (Å²) in [6.45, 7) is 3.94. The van der Waals surface area contributed by atoms with Crippen LogP contribution in [0, 0.1) is 11.5 Å². The van der Waals surface area contributed by atoms with Crippen molar-refractivity contribution in [1.29, 1.82) is 5.26 Å². The van der Waals surface area contributed by atoms with Crippen molar-refractivity contribution in [3.63, 3.8) is 0 Å². The van der Waals surface area contributed by atoms with Crippen LogP contribution in [-0.4, -0.2) is 16.2 Å². The van der Waals surface area contributed by atoms with E-state index in [4.69, 9.17) is 34.4 Å². The smallest absolute Gasteiger partial charge is 0.293 e. The molecule has 0 aromatic heterocycles. The minimum Gasteiger partial charge on any atom is -0.480 e. The van der Waals surface area contributed by atoms with Crippen LogP contribution in [0.2, 0.25) is 0 Å². The third-order valence-electron chi connectivity index (χ3n) is 2.50. The molecule has 0 N–H and O–H groups in total. The molecular weight excluding hydrogens is 326 g/mol. The van der Waals surface area contributed by atoms with Gasteiger partial charge in [0.05, 0.1) is 6.10 Å². The summed E-state index contributed by atoms with van der Waals surface area (Å²) >= 11 is 9.85. The lowest BCUT2D eigenvalue weighted by molar-refractivity contribution is 0.236. The molecule has 0 heterocycles. The monoisotopic (exact) mass is 343 g/mol. The zero-order valence-electron chi connectivity index (χ0n) is 12.9. The molecule has 0 bridgehead atoms. The fraction of sp³-hybridized carbons (Fsp3) is 0.167. The second kappa shape index (κ2) is 10.4. The zero-order chi connectivity index (χ0) is 17.1. The molecule has 0 saturated carbocycles. The molecule has 0 aliphatic carbocycles. The molecule has 0 atom stereocenters. The van der Waals surface area contributed by atoms with Crippen LogP contribution in [0.1, 0.15) is 25.0 Å². The first-order valence-electron chi connectivity index (χ1n) is 6.96. The lowest BCUT2D eigenvalue weighted by atomic mass is 10.2. The number of hydrogen-bond donors (Lipinski definition) is 0. The summed E-state index contributed by atoms with van der Waals surface area (Å²) in [5.41, 5.74) is 1.73. The SMILES string of the molecule is CC(C)OC(=S)c1ccccc1.N#COC(=S)c1ccccc1. The number of benzene rings is 2. The first-order chi connectivity index (χ1) is 11.0. The van der Waals surface area contributed by atoms with Crippen molar-refractivity contribution in [2.75, 3.05) is 0 Å². The average molecular weight is 343 g/mol. The van der Waals surface area contributed by atoms with Crippen molar-refractivity contribution >= 4 is 34.5 Å². The Kier molecular flexibility index (Phi) is 8.51. The summed E-state index contributed by atoms with van der Waals surface area (Å²) in [6.07, 6.45) is 1.68. The quantitative estimate of drug-likeness (QED) is 0.599. The molecule has 0 radical (unpaired) electrons. The fourth-order valence-electron chi connectivity index (χ4n) is 1.53. The highest BCUT2D eigenvalue weighted by molar-refractivity contribution is 7.80. The summed E-state index contributed by atoms with van der Waals surface area (Å²) in [6, 6.07) is 18.9. The third kappa shape index (κ3) is 7.50. The van der Waals surface area contributed by atoms with Crippen molar-refractivity contribution < 1.29 is 9.47 Å². The maximum absolute atomic E-state index is 8.14. The zero-order valence-corrected chi connectivity index (χ0v) is 14.6. The first kappa shape index (κ1) is 18.8. The van der Waals surface area contributed by atoms with Gasteiger partial charge in [-0.05, 0) is 38.3 Å². The van der Waals surface area contributed by atoms with Crippen molar-refractivity contribution in [1.82, 2.24) is 0 Å². The molecule has 0 spiro atoms. The van der Waals surface area contributed by atoms with Crippen molar-refractivity contribution in [3.05, 3.63) is 71.8 Å². The Labute approximate surface area is 147 Å². The molecule has 0 aliphatic rings. The highest BCUT2D eigenvalue weighted by Gasteiger charge is 2.02. The van der Waals surface area contributed by atoms with Gasteiger partial charge in [0.25, 0.3) is 6.26 Å². The van der Waals surface area contributed by atoms with Gasteiger partial charge in [-0.15, -0.1) is 5.26 Å². The lowest BCUT2D eigenvalue weighted by Crippen LogP contribution is -2.10. The topological polar surface area (TPSA) is 42.2 Å². The normalized spacial score (nSPS) is 9.13. The van der Waals surface area contributed by atoms with E-state index in [-0.39, 0.29) is 11.2 Å². The number of nitrogens with zero attached hydrogens (tertiary/aromatic N) is 1. The molecule has 2 aromatic carbocycles. The molecule has 0 fully saturated rings. The highest BCUT2D eigenvalue weighted by atomic mass is 32.1. The van der Waals surface area contributed by atoms with E-state index >= 15 is 0 Å². The van der Waals surface area contributed by atoms with Crippen LogP contribution in [0.4, 0.5) is 0 Å². The van der Waals surface area contributed by atoms with Crippen molar-refractivity contribution in [3.8, 4) is 6.26 Å². The minimum absolute atomic E-state index is 0.151. The van der Waals surface area contributed by atoms with Gasteiger partial charge in [0.1, 0.15) is 0 Å². The van der Waals surface area contributed by atoms with Crippen LogP contribution in [-0.2, 0) is 9.47 Å². The van der Waals surface area contributed by atoms with Crippen LogP contribution in [0.3, 0.4) is 0 Å². The summed E-state index contributed by atoms with van der Waals surface area (Å²) in [7, 11) is 0. The van der Waals surface area contributed by atoms with E-state index in [1.807, 2.05) is 62.4 Å². The van der Waals surface area contributed by atoms with Gasteiger partial charge in [0.15, 0.2) is 5.05 Å². The molecular formula is C18H17NO2S2. The summed E-state index contributed by atoms with van der Waals surface area (Å²) in [5, 5.41) is 8.93. The predicted octanol–water partition coefficient (Wildman–Crippen LogP) is 4.65. The number of hydrogen-bond acceptors (Lipinski definition) is 5. The molecule has 2 rings (SSSR count). The second-order valence-electron chi connectivity index (χ2n) is 4.67. The molecule has 0 saturated heterocycles. The van der Waals surface area contributed by atoms with Gasteiger partial charge >= 0.3 is 0 Å². The Morgan fingerprint density at radius 1 is 0.870 bits per heavy atom. The van der Waals surface area contributed by atoms with Crippen LogP contribution >= 0.6 is 24.4 Å². The highest BCUT2D eigenvalue weighted by Crippen LogP contribution is 2.04. The maximum Gasteiger partial charge on any atom is 0.293 e. The van der Waals surface area contributed by atoms with E-state index in [1.165, 1.54) is 6.26 Å². The Hall–Kier alpha value is -2.29. The fourth-order valence-corrected chi connectivity index (χ4v) is 2.03. The summed E-state index contributed by atoms with van der Waals surface area (Å²) in [5.74, 6) is 0. The standard InChI is InChI=1S/C10H12OS.C8H5NOS/c1-8(2)11-10(12)9-6-4-3-5-7-9;9-6-10-8(11)7-4-2-1-3-5-7/h3-8H,1-2H3;1-5H. The summed E-state index contributed by atoms with van der Waals surface area (Å²) in [4.78, 5) is 0. The Balaban J connectivity index is 0.000000231. The molecule has 2 aromatic rings. The molecule has 0 unspecified atom stereocenters. The Morgan fingerprint density at radius 3 is 1.70 bits per heavy atom. The van der Waals surface area contributed by atoms with Gasteiger partial charge in [0, 0.05) is 11.1 Å². The number of rotatable bonds is 3. The third-order valence-corrected chi connectivity index (χ3v) is 3.15. The molecule has 3 nitrogen and oxygen atoms in total. The molecule has 5 heteroatoms. The van der Waals surface area contributed by atoms with Gasteiger partial charge in [0.2, 0.25) is 5.05 Å². The number of ether oxygens (including phenoxy) is 2. The van der Waals surface area contributed by atoms with Crippen LogP contribution in [0.5, 0.6) is 0 Å². The average Bonchev–Trinajstić information content (AvgIpc) is 2.57. The first-order valence-corrected chi connectivity index (χ1v) is 7.77. The number of thiocarbonyl (C=S) groups is 2. The van der Waals surface area contributed by atoms with Gasteiger partial charge < -0.3 is 9.47 Å². The van der Waals surface area contributed by atoms with Gasteiger partial charge in [-0.2, -0.15) is 0 Å². The molecule has 0 amide bonds. The van der Waals surface area contributed by atoms with Crippen molar-refractivity contribution in [2.45, 2.75) is 20.0 Å². The van der Waals surface area contributed by atoms with Crippen molar-refractivity contribution in [2.24, 2.45) is 0 Å². The predicted molar refractivity (Wildman–Crippen MR) is 99.2 cm³/mol. The summed E-state index contributed by atoms with van der Waals surface area (Å²) < 4.78 is 9.83. The van der Waals surface area contributed by atoms with Crippen LogP contribution in [0.25, 0.3) is 0 Å². The van der Waals surface area contributed by atoms with Gasteiger partial charge in [-0.3, -0.25) is 0 Å². The van der Waals surface area contributed by atoms with E-state index < -0.39 is 0 Å². The Bertz CT molecular complexity index is 664. The van der Waals surface area contributed by atoms with E-state index in [9.17, 15) is 0 Å². The second-order valence-corrected chi connectivity index (χ2v) is 5.41. The molecule has 0 aliphatic heterocycles. The van der Waals surface area contributed by atoms with Gasteiger partial charge in [-0.25, -0.2) is 0 Å². The maximum atomic E-state index is 8.14. The minimum atomic E-state index is 0.151. The molecule has 118 valence electrons. The largest absolute Gasteiger partial charge is 0.480 e. The van der Waals surface area contributed by atoms with Gasteiger partial charge in [-0.1, -0.05) is 60.7 Å².